The molecule has 0 aliphatic heterocycles. The summed E-state index contributed by atoms with van der Waals surface area (Å²) in [4.78, 5) is 23.6. The minimum atomic E-state index is -0.870. The standard InChI is InChI=1S/C11H21NO4/c1-3-12(8-7-11(14)15)10(13)6-4-5-9-16-2/h3-9H2,1-2H3,(H,14,15). The van der Waals surface area contributed by atoms with Gasteiger partial charge in [0.2, 0.25) is 5.91 Å². The predicted octanol–water partition coefficient (Wildman–Crippen LogP) is 1.13. The van der Waals surface area contributed by atoms with Gasteiger partial charge in [0, 0.05) is 33.2 Å². The number of ether oxygens (including phenoxy) is 1. The number of carbonyl (C=O) groups is 2. The first kappa shape index (κ1) is 14.9. The highest BCUT2D eigenvalue weighted by molar-refractivity contribution is 5.76. The number of hydrogen-bond donors (Lipinski definition) is 1. The largest absolute Gasteiger partial charge is 0.481 e. The second kappa shape index (κ2) is 9.15. The quantitative estimate of drug-likeness (QED) is 0.604. The number of unbranched alkanes of at least 4 members (excludes halogenated alkanes) is 1. The average Bonchev–Trinajstić information content (AvgIpc) is 2.25. The molecule has 0 aliphatic rings. The van der Waals surface area contributed by atoms with Gasteiger partial charge in [0.1, 0.15) is 0 Å². The van der Waals surface area contributed by atoms with E-state index in [9.17, 15) is 9.59 Å². The molecule has 0 saturated carbocycles. The van der Waals surface area contributed by atoms with Crippen molar-refractivity contribution in [2.45, 2.75) is 32.6 Å². The van der Waals surface area contributed by atoms with E-state index in [1.54, 1.807) is 12.0 Å². The van der Waals surface area contributed by atoms with Crippen LogP contribution in [0.1, 0.15) is 32.6 Å². The fourth-order valence-corrected chi connectivity index (χ4v) is 1.37. The van der Waals surface area contributed by atoms with Crippen LogP contribution in [0.25, 0.3) is 0 Å². The second-order valence-electron chi connectivity index (χ2n) is 3.57. The molecule has 0 fully saturated rings. The molecule has 16 heavy (non-hydrogen) atoms. The molecule has 0 unspecified atom stereocenters. The van der Waals surface area contributed by atoms with Crippen molar-refractivity contribution in [1.29, 1.82) is 0 Å². The number of aliphatic carboxylic acids is 1. The van der Waals surface area contributed by atoms with E-state index in [-0.39, 0.29) is 12.3 Å². The Kier molecular flexibility index (Phi) is 8.52. The number of carboxylic acid groups (broad SMARTS) is 1. The van der Waals surface area contributed by atoms with Crippen molar-refractivity contribution in [3.05, 3.63) is 0 Å². The van der Waals surface area contributed by atoms with Crippen molar-refractivity contribution in [3.63, 3.8) is 0 Å². The lowest BCUT2D eigenvalue weighted by molar-refractivity contribution is -0.138. The SMILES string of the molecule is CCN(CCC(=O)O)C(=O)CCCCOC. The van der Waals surface area contributed by atoms with E-state index in [0.717, 1.165) is 12.8 Å². The van der Waals surface area contributed by atoms with Crippen molar-refractivity contribution in [2.24, 2.45) is 0 Å². The second-order valence-corrected chi connectivity index (χ2v) is 3.57. The first-order valence-electron chi connectivity index (χ1n) is 5.60. The van der Waals surface area contributed by atoms with Crippen molar-refractivity contribution in [1.82, 2.24) is 4.90 Å². The maximum absolute atomic E-state index is 11.6. The minimum Gasteiger partial charge on any atom is -0.481 e. The Morgan fingerprint density at radius 2 is 1.94 bits per heavy atom. The smallest absolute Gasteiger partial charge is 0.305 e. The molecule has 94 valence electrons. The summed E-state index contributed by atoms with van der Waals surface area (Å²) in [5.41, 5.74) is 0. The van der Waals surface area contributed by atoms with Crippen molar-refractivity contribution in [2.75, 3.05) is 26.8 Å². The van der Waals surface area contributed by atoms with E-state index in [1.807, 2.05) is 6.92 Å². The van der Waals surface area contributed by atoms with E-state index in [0.29, 0.717) is 26.1 Å². The fraction of sp³-hybridized carbons (Fsp3) is 0.818. The van der Waals surface area contributed by atoms with Crippen molar-refractivity contribution >= 4 is 11.9 Å². The van der Waals surface area contributed by atoms with Gasteiger partial charge in [0.15, 0.2) is 0 Å². The van der Waals surface area contributed by atoms with Gasteiger partial charge in [0.05, 0.1) is 6.42 Å². The first-order chi connectivity index (χ1) is 7.61. The molecule has 0 saturated heterocycles. The molecule has 0 bridgehead atoms. The Labute approximate surface area is 96.4 Å². The average molecular weight is 231 g/mol. The third-order valence-electron chi connectivity index (χ3n) is 2.32. The maximum atomic E-state index is 11.6. The lowest BCUT2D eigenvalue weighted by atomic mass is 10.2. The van der Waals surface area contributed by atoms with Crippen LogP contribution < -0.4 is 0 Å². The number of nitrogens with zero attached hydrogens (tertiary/aromatic N) is 1. The number of rotatable bonds is 9. The van der Waals surface area contributed by atoms with Crippen LogP contribution in [-0.2, 0) is 14.3 Å². The summed E-state index contributed by atoms with van der Waals surface area (Å²) in [5, 5.41) is 8.53. The molecule has 1 amide bonds. The van der Waals surface area contributed by atoms with Crippen LogP contribution in [-0.4, -0.2) is 48.7 Å². The van der Waals surface area contributed by atoms with Crippen LogP contribution in [0.4, 0.5) is 0 Å². The topological polar surface area (TPSA) is 66.8 Å². The molecule has 0 aromatic carbocycles. The number of hydrogen-bond acceptors (Lipinski definition) is 3. The van der Waals surface area contributed by atoms with Crippen LogP contribution >= 0.6 is 0 Å². The van der Waals surface area contributed by atoms with Gasteiger partial charge in [-0.3, -0.25) is 9.59 Å². The fourth-order valence-electron chi connectivity index (χ4n) is 1.37. The summed E-state index contributed by atoms with van der Waals surface area (Å²) in [6.45, 7) is 3.38. The molecular weight excluding hydrogens is 210 g/mol. The molecule has 5 heteroatoms. The molecule has 0 aromatic heterocycles. The molecular formula is C11H21NO4. The van der Waals surface area contributed by atoms with E-state index < -0.39 is 5.97 Å². The van der Waals surface area contributed by atoms with E-state index in [2.05, 4.69) is 0 Å². The maximum Gasteiger partial charge on any atom is 0.305 e. The molecule has 0 rings (SSSR count). The summed E-state index contributed by atoms with van der Waals surface area (Å²) in [7, 11) is 1.63. The van der Waals surface area contributed by atoms with Crippen molar-refractivity contribution in [3.8, 4) is 0 Å². The van der Waals surface area contributed by atoms with Gasteiger partial charge in [-0.1, -0.05) is 0 Å². The van der Waals surface area contributed by atoms with Gasteiger partial charge in [-0.2, -0.15) is 0 Å². The van der Waals surface area contributed by atoms with Gasteiger partial charge in [-0.15, -0.1) is 0 Å². The highest BCUT2D eigenvalue weighted by Crippen LogP contribution is 2.02. The number of methoxy groups -OCH3 is 1. The van der Waals surface area contributed by atoms with Gasteiger partial charge in [0.25, 0.3) is 0 Å². The number of carbonyl (C=O) groups excluding carboxylic acids is 1. The molecule has 0 heterocycles. The Morgan fingerprint density at radius 1 is 1.25 bits per heavy atom. The zero-order chi connectivity index (χ0) is 12.4. The van der Waals surface area contributed by atoms with Crippen LogP contribution in [0.5, 0.6) is 0 Å². The lowest BCUT2D eigenvalue weighted by Crippen LogP contribution is -2.32. The Bertz CT molecular complexity index is 218. The summed E-state index contributed by atoms with van der Waals surface area (Å²) < 4.78 is 4.89. The Balaban J connectivity index is 3.77. The summed E-state index contributed by atoms with van der Waals surface area (Å²) in [6, 6.07) is 0. The molecule has 0 aliphatic carbocycles. The summed E-state index contributed by atoms with van der Waals surface area (Å²) in [5.74, 6) is -0.842. The van der Waals surface area contributed by atoms with E-state index in [4.69, 9.17) is 9.84 Å². The molecule has 1 N–H and O–H groups in total. The van der Waals surface area contributed by atoms with Gasteiger partial charge in [-0.25, -0.2) is 0 Å². The molecule has 0 spiro atoms. The first-order valence-corrected chi connectivity index (χ1v) is 5.60. The minimum absolute atomic E-state index is 0.0116. The lowest BCUT2D eigenvalue weighted by Gasteiger charge is -2.19. The molecule has 5 nitrogen and oxygen atoms in total. The van der Waals surface area contributed by atoms with Crippen LogP contribution in [0, 0.1) is 0 Å². The van der Waals surface area contributed by atoms with Crippen LogP contribution in [0.15, 0.2) is 0 Å². The van der Waals surface area contributed by atoms with Crippen LogP contribution in [0.3, 0.4) is 0 Å². The van der Waals surface area contributed by atoms with Gasteiger partial charge in [-0.05, 0) is 19.8 Å². The predicted molar refractivity (Wildman–Crippen MR) is 60.2 cm³/mol. The number of carboxylic acids is 1. The van der Waals surface area contributed by atoms with Gasteiger partial charge >= 0.3 is 5.97 Å². The Hall–Kier alpha value is -1.10. The zero-order valence-corrected chi connectivity index (χ0v) is 10.1. The highest BCUT2D eigenvalue weighted by Gasteiger charge is 2.12. The zero-order valence-electron chi connectivity index (χ0n) is 10.1. The highest BCUT2D eigenvalue weighted by atomic mass is 16.5. The van der Waals surface area contributed by atoms with Gasteiger partial charge < -0.3 is 14.7 Å². The summed E-state index contributed by atoms with van der Waals surface area (Å²) >= 11 is 0. The monoisotopic (exact) mass is 231 g/mol. The number of amides is 1. The third kappa shape index (κ3) is 7.23. The molecule has 0 atom stereocenters. The van der Waals surface area contributed by atoms with E-state index in [1.165, 1.54) is 0 Å². The van der Waals surface area contributed by atoms with E-state index >= 15 is 0 Å². The summed E-state index contributed by atoms with van der Waals surface area (Å²) in [6.07, 6.45) is 2.13. The molecule has 0 aromatic rings. The Morgan fingerprint density at radius 3 is 2.44 bits per heavy atom. The van der Waals surface area contributed by atoms with Crippen molar-refractivity contribution < 1.29 is 19.4 Å². The normalized spacial score (nSPS) is 10.1. The molecule has 0 radical (unpaired) electrons. The third-order valence-corrected chi connectivity index (χ3v) is 2.32. The van der Waals surface area contributed by atoms with Crippen LogP contribution in [0.2, 0.25) is 0 Å².